The number of amides is 1. The smallest absolute Gasteiger partial charge is 0.407 e. The molecular weight excluding hydrogens is 256 g/mol. The standard InChI is InChI=1S/C12H15ClN2O3/c13-10-2-1-9(11(16)7-10)8-14-3-5-15(6-4-14)12(17)18/h1-2,7,16H,3-6,8H2,(H,17,18). The summed E-state index contributed by atoms with van der Waals surface area (Å²) in [5.41, 5.74) is 0.808. The quantitative estimate of drug-likeness (QED) is 0.861. The zero-order valence-corrected chi connectivity index (χ0v) is 10.6. The average molecular weight is 271 g/mol. The van der Waals surface area contributed by atoms with Gasteiger partial charge in [-0.2, -0.15) is 0 Å². The minimum Gasteiger partial charge on any atom is -0.508 e. The Morgan fingerprint density at radius 3 is 2.50 bits per heavy atom. The molecule has 1 amide bonds. The summed E-state index contributed by atoms with van der Waals surface area (Å²) in [7, 11) is 0. The molecule has 6 heteroatoms. The van der Waals surface area contributed by atoms with Crippen LogP contribution in [-0.2, 0) is 6.54 Å². The second-order valence-electron chi connectivity index (χ2n) is 4.32. The first-order chi connectivity index (χ1) is 8.56. The maximum atomic E-state index is 10.8. The number of hydrogen-bond acceptors (Lipinski definition) is 3. The van der Waals surface area contributed by atoms with Gasteiger partial charge in [0.15, 0.2) is 0 Å². The molecule has 1 heterocycles. The van der Waals surface area contributed by atoms with Gasteiger partial charge in [-0.25, -0.2) is 4.79 Å². The molecular formula is C12H15ClN2O3. The molecule has 18 heavy (non-hydrogen) atoms. The van der Waals surface area contributed by atoms with E-state index in [9.17, 15) is 9.90 Å². The van der Waals surface area contributed by atoms with Crippen LogP contribution in [0.25, 0.3) is 0 Å². The molecule has 0 radical (unpaired) electrons. The molecule has 0 bridgehead atoms. The highest BCUT2D eigenvalue weighted by molar-refractivity contribution is 6.30. The summed E-state index contributed by atoms with van der Waals surface area (Å²) in [6.45, 7) is 2.96. The van der Waals surface area contributed by atoms with Crippen molar-refractivity contribution in [1.29, 1.82) is 0 Å². The summed E-state index contributed by atoms with van der Waals surface area (Å²) in [5.74, 6) is 0.183. The number of phenolic OH excluding ortho intramolecular Hbond substituents is 1. The fraction of sp³-hybridized carbons (Fsp3) is 0.417. The van der Waals surface area contributed by atoms with Gasteiger partial charge < -0.3 is 15.1 Å². The predicted octanol–water partition coefficient (Wildman–Crippen LogP) is 1.84. The number of nitrogens with zero attached hydrogens (tertiary/aromatic N) is 2. The van der Waals surface area contributed by atoms with Gasteiger partial charge >= 0.3 is 6.09 Å². The van der Waals surface area contributed by atoms with Crippen molar-refractivity contribution in [2.24, 2.45) is 0 Å². The summed E-state index contributed by atoms with van der Waals surface area (Å²) in [6.07, 6.45) is -0.871. The van der Waals surface area contributed by atoms with Gasteiger partial charge in [-0.15, -0.1) is 0 Å². The van der Waals surface area contributed by atoms with Crippen molar-refractivity contribution in [3.05, 3.63) is 28.8 Å². The highest BCUT2D eigenvalue weighted by atomic mass is 35.5. The Kier molecular flexibility index (Phi) is 3.93. The van der Waals surface area contributed by atoms with Gasteiger partial charge in [0, 0.05) is 43.3 Å². The van der Waals surface area contributed by atoms with E-state index in [2.05, 4.69) is 4.90 Å². The number of benzene rings is 1. The maximum absolute atomic E-state index is 10.8. The number of hydrogen-bond donors (Lipinski definition) is 2. The first-order valence-corrected chi connectivity index (χ1v) is 6.11. The number of aromatic hydroxyl groups is 1. The molecule has 0 unspecified atom stereocenters. The van der Waals surface area contributed by atoms with Crippen LogP contribution in [-0.4, -0.2) is 52.3 Å². The van der Waals surface area contributed by atoms with E-state index in [-0.39, 0.29) is 5.75 Å². The number of carbonyl (C=O) groups is 1. The van der Waals surface area contributed by atoms with Gasteiger partial charge in [-0.3, -0.25) is 4.90 Å². The highest BCUT2D eigenvalue weighted by Crippen LogP contribution is 2.23. The molecule has 2 rings (SSSR count). The van der Waals surface area contributed by atoms with Crippen LogP contribution in [0.1, 0.15) is 5.56 Å². The lowest BCUT2D eigenvalue weighted by Crippen LogP contribution is -2.47. The molecule has 0 aliphatic carbocycles. The van der Waals surface area contributed by atoms with Crippen LogP contribution >= 0.6 is 11.6 Å². The Balaban J connectivity index is 1.93. The van der Waals surface area contributed by atoms with Crippen molar-refractivity contribution < 1.29 is 15.0 Å². The van der Waals surface area contributed by atoms with Crippen LogP contribution in [0.3, 0.4) is 0 Å². The normalized spacial score (nSPS) is 16.8. The van der Waals surface area contributed by atoms with E-state index < -0.39 is 6.09 Å². The molecule has 1 aromatic rings. The summed E-state index contributed by atoms with van der Waals surface area (Å²) in [4.78, 5) is 14.3. The molecule has 0 saturated carbocycles. The summed E-state index contributed by atoms with van der Waals surface area (Å²) < 4.78 is 0. The molecule has 1 aliphatic rings. The van der Waals surface area contributed by atoms with E-state index in [1.165, 1.54) is 11.0 Å². The van der Waals surface area contributed by atoms with Crippen molar-refractivity contribution in [2.75, 3.05) is 26.2 Å². The second kappa shape index (κ2) is 5.46. The van der Waals surface area contributed by atoms with E-state index in [0.29, 0.717) is 37.7 Å². The lowest BCUT2D eigenvalue weighted by Gasteiger charge is -2.33. The molecule has 1 aliphatic heterocycles. The van der Waals surface area contributed by atoms with E-state index in [0.717, 1.165) is 5.56 Å². The van der Waals surface area contributed by atoms with Crippen LogP contribution in [0.2, 0.25) is 5.02 Å². The highest BCUT2D eigenvalue weighted by Gasteiger charge is 2.20. The molecule has 1 fully saturated rings. The molecule has 5 nitrogen and oxygen atoms in total. The van der Waals surface area contributed by atoms with Gasteiger partial charge in [0.1, 0.15) is 5.75 Å². The van der Waals surface area contributed by atoms with E-state index >= 15 is 0 Å². The Hall–Kier alpha value is -1.46. The fourth-order valence-electron chi connectivity index (χ4n) is 2.01. The minimum atomic E-state index is -0.871. The van der Waals surface area contributed by atoms with Gasteiger partial charge in [0.05, 0.1) is 0 Å². The number of rotatable bonds is 2. The summed E-state index contributed by atoms with van der Waals surface area (Å²) in [5, 5.41) is 19.1. The molecule has 0 atom stereocenters. The zero-order chi connectivity index (χ0) is 13.1. The van der Waals surface area contributed by atoms with Crippen molar-refractivity contribution >= 4 is 17.7 Å². The molecule has 1 saturated heterocycles. The topological polar surface area (TPSA) is 64.0 Å². The van der Waals surface area contributed by atoms with Crippen LogP contribution in [0.4, 0.5) is 4.79 Å². The minimum absolute atomic E-state index is 0.183. The van der Waals surface area contributed by atoms with E-state index in [1.54, 1.807) is 12.1 Å². The van der Waals surface area contributed by atoms with Crippen molar-refractivity contribution in [3.8, 4) is 5.75 Å². The Morgan fingerprint density at radius 1 is 1.28 bits per heavy atom. The molecule has 0 aromatic heterocycles. The Bertz CT molecular complexity index is 445. The molecule has 0 spiro atoms. The lowest BCUT2D eigenvalue weighted by molar-refractivity contribution is 0.102. The van der Waals surface area contributed by atoms with Crippen LogP contribution in [0.15, 0.2) is 18.2 Å². The third-order valence-electron chi connectivity index (χ3n) is 3.08. The maximum Gasteiger partial charge on any atom is 0.407 e. The number of phenols is 1. The Labute approximate surface area is 110 Å². The SMILES string of the molecule is O=C(O)N1CCN(Cc2ccc(Cl)cc2O)CC1. The van der Waals surface area contributed by atoms with Crippen molar-refractivity contribution in [3.63, 3.8) is 0 Å². The number of piperazine rings is 1. The third-order valence-corrected chi connectivity index (χ3v) is 3.32. The van der Waals surface area contributed by atoms with Crippen molar-refractivity contribution in [1.82, 2.24) is 9.80 Å². The number of carboxylic acid groups (broad SMARTS) is 1. The monoisotopic (exact) mass is 270 g/mol. The molecule has 1 aromatic carbocycles. The summed E-state index contributed by atoms with van der Waals surface area (Å²) >= 11 is 5.77. The predicted molar refractivity (Wildman–Crippen MR) is 68.0 cm³/mol. The van der Waals surface area contributed by atoms with Gasteiger partial charge in [0.25, 0.3) is 0 Å². The van der Waals surface area contributed by atoms with Crippen molar-refractivity contribution in [2.45, 2.75) is 6.54 Å². The molecule has 2 N–H and O–H groups in total. The number of halogens is 1. The fourth-order valence-corrected chi connectivity index (χ4v) is 2.18. The first-order valence-electron chi connectivity index (χ1n) is 5.74. The van der Waals surface area contributed by atoms with Gasteiger partial charge in [0.2, 0.25) is 0 Å². The van der Waals surface area contributed by atoms with Crippen LogP contribution in [0.5, 0.6) is 5.75 Å². The summed E-state index contributed by atoms with van der Waals surface area (Å²) in [6, 6.07) is 5.05. The van der Waals surface area contributed by atoms with Gasteiger partial charge in [-0.1, -0.05) is 17.7 Å². The van der Waals surface area contributed by atoms with Crippen LogP contribution in [0, 0.1) is 0 Å². The largest absolute Gasteiger partial charge is 0.508 e. The zero-order valence-electron chi connectivity index (χ0n) is 9.84. The van der Waals surface area contributed by atoms with Gasteiger partial charge in [-0.05, 0) is 12.1 Å². The molecule has 98 valence electrons. The third kappa shape index (κ3) is 3.05. The van der Waals surface area contributed by atoms with E-state index in [1.807, 2.05) is 0 Å². The second-order valence-corrected chi connectivity index (χ2v) is 4.76. The lowest BCUT2D eigenvalue weighted by atomic mass is 10.1. The Morgan fingerprint density at radius 2 is 1.94 bits per heavy atom. The van der Waals surface area contributed by atoms with Crippen LogP contribution < -0.4 is 0 Å². The average Bonchev–Trinajstić information content (AvgIpc) is 2.33. The first kappa shape index (κ1) is 13.0. The van der Waals surface area contributed by atoms with E-state index in [4.69, 9.17) is 16.7 Å².